The molecule has 0 spiro atoms. The van der Waals surface area contributed by atoms with Gasteiger partial charge in [-0.1, -0.05) is 11.6 Å². The number of rotatable bonds is 5. The van der Waals surface area contributed by atoms with Gasteiger partial charge in [-0.2, -0.15) is 0 Å². The highest BCUT2D eigenvalue weighted by Gasteiger charge is 2.21. The van der Waals surface area contributed by atoms with Crippen LogP contribution >= 0.6 is 22.9 Å². The Balaban J connectivity index is 1.86. The van der Waals surface area contributed by atoms with Gasteiger partial charge in [0.15, 0.2) is 5.13 Å². The normalized spacial score (nSPS) is 10.7. The Morgan fingerprint density at radius 2 is 2.04 bits per heavy atom. The first kappa shape index (κ1) is 17.5. The first-order valence-corrected chi connectivity index (χ1v) is 9.10. The number of carbonyl (C=O) groups excluding carboxylic acids is 1. The van der Waals surface area contributed by atoms with Crippen molar-refractivity contribution in [2.24, 2.45) is 0 Å². The lowest BCUT2D eigenvalue weighted by molar-refractivity contribution is 0.0525. The van der Waals surface area contributed by atoms with Crippen molar-refractivity contribution in [2.75, 3.05) is 11.9 Å². The van der Waals surface area contributed by atoms with Crippen LogP contribution in [-0.4, -0.2) is 22.5 Å². The molecule has 2 N–H and O–H groups in total. The molecule has 5 nitrogen and oxygen atoms in total. The molecule has 0 unspecified atom stereocenters. The lowest BCUT2D eigenvalue weighted by Crippen LogP contribution is -2.06. The molecule has 25 heavy (non-hydrogen) atoms. The quantitative estimate of drug-likeness (QED) is 0.591. The molecule has 2 heterocycles. The number of carbonyl (C=O) groups is 1. The molecule has 0 aliphatic rings. The van der Waals surface area contributed by atoms with Crippen molar-refractivity contribution in [3.8, 4) is 11.4 Å². The summed E-state index contributed by atoms with van der Waals surface area (Å²) in [6.07, 6.45) is 0. The predicted octanol–water partition coefficient (Wildman–Crippen LogP) is 5.33. The summed E-state index contributed by atoms with van der Waals surface area (Å²) in [4.78, 5) is 20.0. The lowest BCUT2D eigenvalue weighted by atomic mass is 10.1. The molecular formula is C18H18ClN3O2S. The molecule has 0 aliphatic heterocycles. The summed E-state index contributed by atoms with van der Waals surface area (Å²) in [5.74, 6) is -0.310. The minimum Gasteiger partial charge on any atom is -0.462 e. The first-order valence-electron chi connectivity index (χ1n) is 7.84. The number of hydrogen-bond acceptors (Lipinski definition) is 5. The second-order valence-electron chi connectivity index (χ2n) is 5.52. The molecule has 7 heteroatoms. The van der Waals surface area contributed by atoms with Gasteiger partial charge < -0.3 is 15.0 Å². The minimum atomic E-state index is -0.310. The van der Waals surface area contributed by atoms with Crippen molar-refractivity contribution < 1.29 is 9.53 Å². The van der Waals surface area contributed by atoms with E-state index in [0.717, 1.165) is 33.5 Å². The number of aryl methyl sites for hydroxylation is 1. The van der Waals surface area contributed by atoms with Crippen LogP contribution in [0.3, 0.4) is 0 Å². The Bertz CT molecular complexity index is 900. The molecule has 130 valence electrons. The molecule has 0 bridgehead atoms. The van der Waals surface area contributed by atoms with Crippen molar-refractivity contribution >= 4 is 39.7 Å². The molecule has 3 rings (SSSR count). The summed E-state index contributed by atoms with van der Waals surface area (Å²) >= 11 is 7.39. The number of ether oxygens (including phenoxy) is 1. The third-order valence-corrected chi connectivity index (χ3v) is 4.78. The van der Waals surface area contributed by atoms with E-state index in [1.54, 1.807) is 6.92 Å². The summed E-state index contributed by atoms with van der Waals surface area (Å²) in [7, 11) is 0. The summed E-state index contributed by atoms with van der Waals surface area (Å²) in [6.45, 7) is 5.91. The first-order chi connectivity index (χ1) is 12.0. The van der Waals surface area contributed by atoms with Gasteiger partial charge in [-0.15, -0.1) is 11.3 Å². The van der Waals surface area contributed by atoms with Crippen LogP contribution in [-0.2, 0) is 4.74 Å². The SMILES string of the molecule is CCOC(=O)c1c(C)[nH]c(-c2csc(Nc3ccc(Cl)cc3)n2)c1C. The number of benzene rings is 1. The molecule has 1 aromatic carbocycles. The standard InChI is InChI=1S/C18H18ClN3O2S/c1-4-24-17(23)15-10(2)16(20-11(15)3)14-9-25-18(22-14)21-13-7-5-12(19)6-8-13/h5-9,20H,4H2,1-3H3,(H,21,22). The molecule has 0 radical (unpaired) electrons. The van der Waals surface area contributed by atoms with E-state index in [1.807, 2.05) is 43.5 Å². The van der Waals surface area contributed by atoms with Crippen molar-refractivity contribution in [3.63, 3.8) is 0 Å². The predicted molar refractivity (Wildman–Crippen MR) is 102 cm³/mol. The minimum absolute atomic E-state index is 0.310. The highest BCUT2D eigenvalue weighted by atomic mass is 35.5. The van der Waals surface area contributed by atoms with Gasteiger partial charge in [0.05, 0.1) is 17.9 Å². The maximum atomic E-state index is 12.1. The number of thiazole rings is 1. The number of H-pyrrole nitrogens is 1. The van der Waals surface area contributed by atoms with Crippen LogP contribution in [0.25, 0.3) is 11.4 Å². The van der Waals surface area contributed by atoms with Crippen LogP contribution in [0.15, 0.2) is 29.6 Å². The molecule has 2 aromatic heterocycles. The zero-order valence-electron chi connectivity index (χ0n) is 14.1. The van der Waals surface area contributed by atoms with Gasteiger partial charge in [0.25, 0.3) is 0 Å². The Morgan fingerprint density at radius 1 is 1.32 bits per heavy atom. The van der Waals surface area contributed by atoms with Crippen molar-refractivity contribution in [1.82, 2.24) is 9.97 Å². The Labute approximate surface area is 155 Å². The smallest absolute Gasteiger partial charge is 0.340 e. The Morgan fingerprint density at radius 3 is 2.72 bits per heavy atom. The van der Waals surface area contributed by atoms with Crippen molar-refractivity contribution in [1.29, 1.82) is 0 Å². The van der Waals surface area contributed by atoms with E-state index in [2.05, 4.69) is 15.3 Å². The van der Waals surface area contributed by atoms with Crippen LogP contribution in [0.1, 0.15) is 28.5 Å². The number of nitrogens with one attached hydrogen (secondary N) is 2. The molecule has 3 aromatic rings. The second kappa shape index (κ2) is 7.29. The maximum absolute atomic E-state index is 12.1. The summed E-state index contributed by atoms with van der Waals surface area (Å²) in [6, 6.07) is 7.43. The monoisotopic (exact) mass is 375 g/mol. The van der Waals surface area contributed by atoms with E-state index in [0.29, 0.717) is 17.2 Å². The lowest BCUT2D eigenvalue weighted by Gasteiger charge is -2.02. The number of halogens is 1. The highest BCUT2D eigenvalue weighted by Crippen LogP contribution is 2.31. The van der Waals surface area contributed by atoms with Gasteiger partial charge in [0.1, 0.15) is 5.69 Å². The van der Waals surface area contributed by atoms with Crippen molar-refractivity contribution in [2.45, 2.75) is 20.8 Å². The summed E-state index contributed by atoms with van der Waals surface area (Å²) < 4.78 is 5.13. The third-order valence-electron chi connectivity index (χ3n) is 3.77. The second-order valence-corrected chi connectivity index (χ2v) is 6.81. The number of nitrogens with zero attached hydrogens (tertiary/aromatic N) is 1. The highest BCUT2D eigenvalue weighted by molar-refractivity contribution is 7.14. The average Bonchev–Trinajstić information content (AvgIpc) is 3.14. The van der Waals surface area contributed by atoms with E-state index >= 15 is 0 Å². The van der Waals surface area contributed by atoms with Crippen LogP contribution in [0.5, 0.6) is 0 Å². The molecule has 0 atom stereocenters. The molecule has 0 aliphatic carbocycles. The van der Waals surface area contributed by atoms with E-state index < -0.39 is 0 Å². The van der Waals surface area contributed by atoms with Crippen LogP contribution in [0.2, 0.25) is 5.02 Å². The van der Waals surface area contributed by atoms with Gasteiger partial charge in [0, 0.05) is 21.8 Å². The van der Waals surface area contributed by atoms with Gasteiger partial charge >= 0.3 is 5.97 Å². The number of anilines is 2. The topological polar surface area (TPSA) is 67.0 Å². The van der Waals surface area contributed by atoms with Crippen LogP contribution in [0.4, 0.5) is 10.8 Å². The van der Waals surface area contributed by atoms with E-state index in [4.69, 9.17) is 16.3 Å². The largest absolute Gasteiger partial charge is 0.462 e. The Kier molecular flexibility index (Phi) is 5.11. The van der Waals surface area contributed by atoms with Gasteiger partial charge in [-0.3, -0.25) is 0 Å². The van der Waals surface area contributed by atoms with E-state index in [1.165, 1.54) is 11.3 Å². The van der Waals surface area contributed by atoms with Gasteiger partial charge in [-0.25, -0.2) is 9.78 Å². The zero-order valence-corrected chi connectivity index (χ0v) is 15.7. The Hall–Kier alpha value is -2.31. The molecular weight excluding hydrogens is 358 g/mol. The number of aromatic amines is 1. The van der Waals surface area contributed by atoms with Gasteiger partial charge in [-0.05, 0) is 50.6 Å². The summed E-state index contributed by atoms with van der Waals surface area (Å²) in [5, 5.41) is 6.65. The molecule has 0 saturated carbocycles. The number of aromatic nitrogens is 2. The third kappa shape index (κ3) is 3.70. The van der Waals surface area contributed by atoms with Crippen molar-refractivity contribution in [3.05, 3.63) is 51.5 Å². The van der Waals surface area contributed by atoms with E-state index in [9.17, 15) is 4.79 Å². The van der Waals surface area contributed by atoms with Crippen LogP contribution < -0.4 is 5.32 Å². The molecule has 0 saturated heterocycles. The van der Waals surface area contributed by atoms with E-state index in [-0.39, 0.29) is 5.97 Å². The average molecular weight is 376 g/mol. The summed E-state index contributed by atoms with van der Waals surface area (Å²) in [5.41, 5.74) is 4.75. The fourth-order valence-electron chi connectivity index (χ4n) is 2.62. The molecule has 0 fully saturated rings. The maximum Gasteiger partial charge on any atom is 0.340 e. The van der Waals surface area contributed by atoms with Gasteiger partial charge in [0.2, 0.25) is 0 Å². The number of esters is 1. The fraction of sp³-hybridized carbons (Fsp3) is 0.222. The number of hydrogen-bond donors (Lipinski definition) is 2. The zero-order chi connectivity index (χ0) is 18.0. The van der Waals surface area contributed by atoms with Crippen LogP contribution in [0, 0.1) is 13.8 Å². The molecule has 0 amide bonds. The fourth-order valence-corrected chi connectivity index (χ4v) is 3.47.